The minimum absolute atomic E-state index is 0.0144. The van der Waals surface area contributed by atoms with Crippen molar-refractivity contribution in [2.45, 2.75) is 12.5 Å². The predicted molar refractivity (Wildman–Crippen MR) is 97.8 cm³/mol. The molecule has 9 heteroatoms. The number of nitriles is 1. The van der Waals surface area contributed by atoms with Gasteiger partial charge < -0.3 is 14.8 Å². The third kappa shape index (κ3) is 4.82. The number of rotatable bonds is 7. The first-order valence-corrected chi connectivity index (χ1v) is 8.09. The van der Waals surface area contributed by atoms with Gasteiger partial charge in [-0.2, -0.15) is 5.26 Å². The lowest BCUT2D eigenvalue weighted by atomic mass is 10.0. The summed E-state index contributed by atoms with van der Waals surface area (Å²) in [6.07, 6.45) is -0.0144. The van der Waals surface area contributed by atoms with Crippen LogP contribution in [-0.4, -0.2) is 37.1 Å². The zero-order valence-corrected chi connectivity index (χ0v) is 15.2. The van der Waals surface area contributed by atoms with Gasteiger partial charge in [-0.1, -0.05) is 6.07 Å². The monoisotopic (exact) mass is 383 g/mol. The summed E-state index contributed by atoms with van der Waals surface area (Å²) in [5, 5.41) is 22.5. The fourth-order valence-corrected chi connectivity index (χ4v) is 2.51. The molecule has 0 saturated heterocycles. The van der Waals surface area contributed by atoms with E-state index in [4.69, 9.17) is 14.7 Å². The van der Waals surface area contributed by atoms with E-state index in [1.165, 1.54) is 50.6 Å². The zero-order chi connectivity index (χ0) is 20.7. The van der Waals surface area contributed by atoms with Gasteiger partial charge in [0, 0.05) is 18.1 Å². The molecular formula is C19H17N3O6. The highest BCUT2D eigenvalue weighted by Gasteiger charge is 2.24. The number of nitrogens with zero attached hydrogens (tertiary/aromatic N) is 2. The Morgan fingerprint density at radius 1 is 1.21 bits per heavy atom. The van der Waals surface area contributed by atoms with E-state index in [1.54, 1.807) is 6.07 Å². The number of benzene rings is 2. The standard InChI is InChI=1S/C19H17N3O6/c1-27-17-8-5-13(10-16(17)22(25)26)9-15(19(24)28-2)21-18(23)14-6-3-12(11-20)4-7-14/h3-8,10,15H,9H2,1-2H3,(H,21,23)/t15-/m1/s1. The molecule has 0 radical (unpaired) electrons. The minimum atomic E-state index is -1.05. The van der Waals surface area contributed by atoms with E-state index in [9.17, 15) is 19.7 Å². The number of nitro benzene ring substituents is 1. The number of nitro groups is 1. The van der Waals surface area contributed by atoms with E-state index in [1.807, 2.05) is 6.07 Å². The Balaban J connectivity index is 2.23. The maximum absolute atomic E-state index is 12.4. The van der Waals surface area contributed by atoms with Crippen molar-refractivity contribution >= 4 is 17.6 Å². The molecule has 1 atom stereocenters. The first-order valence-electron chi connectivity index (χ1n) is 8.09. The Kier molecular flexibility index (Phi) is 6.65. The Morgan fingerprint density at radius 2 is 1.89 bits per heavy atom. The van der Waals surface area contributed by atoms with Crippen molar-refractivity contribution in [3.8, 4) is 11.8 Å². The second-order valence-electron chi connectivity index (χ2n) is 5.71. The van der Waals surface area contributed by atoms with Gasteiger partial charge in [-0.05, 0) is 35.9 Å². The molecule has 0 saturated carbocycles. The number of ether oxygens (including phenoxy) is 2. The van der Waals surface area contributed by atoms with Gasteiger partial charge in [-0.3, -0.25) is 14.9 Å². The summed E-state index contributed by atoms with van der Waals surface area (Å²) in [6, 6.07) is 11.0. The van der Waals surface area contributed by atoms with E-state index < -0.39 is 22.8 Å². The summed E-state index contributed by atoms with van der Waals surface area (Å²) in [4.78, 5) is 35.1. The predicted octanol–water partition coefficient (Wildman–Crippen LogP) is 1.99. The van der Waals surface area contributed by atoms with Gasteiger partial charge in [0.1, 0.15) is 6.04 Å². The van der Waals surface area contributed by atoms with Crippen LogP contribution in [-0.2, 0) is 16.0 Å². The van der Waals surface area contributed by atoms with Crippen molar-refractivity contribution in [2.75, 3.05) is 14.2 Å². The minimum Gasteiger partial charge on any atom is -0.490 e. The van der Waals surface area contributed by atoms with Crippen molar-refractivity contribution in [2.24, 2.45) is 0 Å². The maximum Gasteiger partial charge on any atom is 0.328 e. The van der Waals surface area contributed by atoms with Crippen LogP contribution in [0, 0.1) is 21.4 Å². The topological polar surface area (TPSA) is 132 Å². The molecular weight excluding hydrogens is 366 g/mol. The number of amides is 1. The van der Waals surface area contributed by atoms with Crippen LogP contribution in [0.1, 0.15) is 21.5 Å². The van der Waals surface area contributed by atoms with E-state index in [-0.39, 0.29) is 23.4 Å². The smallest absolute Gasteiger partial charge is 0.328 e. The highest BCUT2D eigenvalue weighted by molar-refractivity contribution is 5.96. The molecule has 0 aliphatic heterocycles. The van der Waals surface area contributed by atoms with E-state index in [0.29, 0.717) is 11.1 Å². The molecule has 0 aliphatic carbocycles. The van der Waals surface area contributed by atoms with Crippen molar-refractivity contribution in [3.05, 3.63) is 69.3 Å². The molecule has 0 bridgehead atoms. The van der Waals surface area contributed by atoms with Crippen LogP contribution in [0.15, 0.2) is 42.5 Å². The van der Waals surface area contributed by atoms with Crippen molar-refractivity contribution < 1.29 is 24.0 Å². The van der Waals surface area contributed by atoms with E-state index >= 15 is 0 Å². The Labute approximate surface area is 160 Å². The number of hydrogen-bond donors (Lipinski definition) is 1. The van der Waals surface area contributed by atoms with Crippen LogP contribution in [0.5, 0.6) is 5.75 Å². The Morgan fingerprint density at radius 3 is 2.43 bits per heavy atom. The first-order chi connectivity index (χ1) is 13.4. The van der Waals surface area contributed by atoms with Gasteiger partial charge in [0.25, 0.3) is 5.91 Å². The number of methoxy groups -OCH3 is 2. The number of nitrogens with one attached hydrogen (secondary N) is 1. The summed E-state index contributed by atoms with van der Waals surface area (Å²) in [7, 11) is 2.50. The molecule has 2 aromatic rings. The number of carbonyl (C=O) groups excluding carboxylic acids is 2. The molecule has 1 amide bonds. The van der Waals surface area contributed by atoms with Gasteiger partial charge in [0.2, 0.25) is 0 Å². The molecule has 2 rings (SSSR count). The zero-order valence-electron chi connectivity index (χ0n) is 15.2. The number of hydrogen-bond acceptors (Lipinski definition) is 7. The maximum atomic E-state index is 12.4. The van der Waals surface area contributed by atoms with Gasteiger partial charge in [-0.25, -0.2) is 4.79 Å². The highest BCUT2D eigenvalue weighted by Crippen LogP contribution is 2.28. The largest absolute Gasteiger partial charge is 0.490 e. The Bertz CT molecular complexity index is 934. The molecule has 0 unspecified atom stereocenters. The second kappa shape index (κ2) is 9.14. The summed E-state index contributed by atoms with van der Waals surface area (Å²) in [5.41, 5.74) is 0.852. The molecule has 28 heavy (non-hydrogen) atoms. The summed E-state index contributed by atoms with van der Waals surface area (Å²) in [6.45, 7) is 0. The third-order valence-corrected chi connectivity index (χ3v) is 3.95. The van der Waals surface area contributed by atoms with Crippen LogP contribution in [0.3, 0.4) is 0 Å². The Hall–Kier alpha value is -3.93. The van der Waals surface area contributed by atoms with Crippen LogP contribution in [0.4, 0.5) is 5.69 Å². The van der Waals surface area contributed by atoms with Gasteiger partial charge in [0.15, 0.2) is 5.75 Å². The lowest BCUT2D eigenvalue weighted by Gasteiger charge is -2.17. The average Bonchev–Trinajstić information content (AvgIpc) is 2.72. The van der Waals surface area contributed by atoms with Gasteiger partial charge in [0.05, 0.1) is 30.8 Å². The van der Waals surface area contributed by atoms with E-state index in [0.717, 1.165) is 0 Å². The molecule has 0 fully saturated rings. The average molecular weight is 383 g/mol. The fraction of sp³-hybridized carbons (Fsp3) is 0.211. The first kappa shape index (κ1) is 20.4. The molecule has 2 aromatic carbocycles. The molecule has 9 nitrogen and oxygen atoms in total. The quantitative estimate of drug-likeness (QED) is 0.439. The molecule has 144 valence electrons. The summed E-state index contributed by atoms with van der Waals surface area (Å²) in [5.74, 6) is -1.15. The van der Waals surface area contributed by atoms with Crippen LogP contribution >= 0.6 is 0 Å². The molecule has 0 heterocycles. The summed E-state index contributed by atoms with van der Waals surface area (Å²) >= 11 is 0. The second-order valence-corrected chi connectivity index (χ2v) is 5.71. The van der Waals surface area contributed by atoms with E-state index in [2.05, 4.69) is 5.32 Å². The van der Waals surface area contributed by atoms with Crippen LogP contribution in [0.25, 0.3) is 0 Å². The number of carbonyl (C=O) groups is 2. The lowest BCUT2D eigenvalue weighted by molar-refractivity contribution is -0.385. The van der Waals surface area contributed by atoms with Crippen molar-refractivity contribution in [3.63, 3.8) is 0 Å². The third-order valence-electron chi connectivity index (χ3n) is 3.95. The molecule has 0 spiro atoms. The van der Waals surface area contributed by atoms with Crippen LogP contribution in [0.2, 0.25) is 0 Å². The lowest BCUT2D eigenvalue weighted by Crippen LogP contribution is -2.43. The SMILES string of the molecule is COC(=O)[C@@H](Cc1ccc(OC)c([N+](=O)[O-])c1)NC(=O)c1ccc(C#N)cc1. The van der Waals surface area contributed by atoms with Crippen LogP contribution < -0.4 is 10.1 Å². The van der Waals surface area contributed by atoms with Gasteiger partial charge in [-0.15, -0.1) is 0 Å². The van der Waals surface area contributed by atoms with Crippen molar-refractivity contribution in [1.29, 1.82) is 5.26 Å². The fourth-order valence-electron chi connectivity index (χ4n) is 2.51. The normalized spacial score (nSPS) is 11.0. The molecule has 1 N–H and O–H groups in total. The number of esters is 1. The molecule has 0 aromatic heterocycles. The van der Waals surface area contributed by atoms with Crippen molar-refractivity contribution in [1.82, 2.24) is 5.32 Å². The van der Waals surface area contributed by atoms with Gasteiger partial charge >= 0.3 is 11.7 Å². The summed E-state index contributed by atoms with van der Waals surface area (Å²) < 4.78 is 9.68. The molecule has 0 aliphatic rings. The highest BCUT2D eigenvalue weighted by atomic mass is 16.6.